The highest BCUT2D eigenvalue weighted by Crippen LogP contribution is 2.16. The molecular weight excluding hydrogens is 224 g/mol. The van der Waals surface area contributed by atoms with E-state index in [9.17, 15) is 0 Å². The average Bonchev–Trinajstić information content (AvgIpc) is 2.46. The zero-order valence-electron chi connectivity index (χ0n) is 10.5. The van der Waals surface area contributed by atoms with Gasteiger partial charge in [-0.15, -0.1) is 0 Å². The van der Waals surface area contributed by atoms with E-state index in [0.29, 0.717) is 5.82 Å². The molecule has 0 saturated carbocycles. The van der Waals surface area contributed by atoms with Gasteiger partial charge in [0.2, 0.25) is 0 Å². The van der Waals surface area contributed by atoms with Gasteiger partial charge in [0, 0.05) is 13.1 Å². The summed E-state index contributed by atoms with van der Waals surface area (Å²) in [4.78, 5) is 6.65. The molecule has 1 heterocycles. The lowest BCUT2D eigenvalue weighted by atomic mass is 10.2. The van der Waals surface area contributed by atoms with Gasteiger partial charge in [0.1, 0.15) is 11.6 Å². The van der Waals surface area contributed by atoms with Crippen molar-refractivity contribution in [2.24, 2.45) is 5.84 Å². The fraction of sp³-hybridized carbons (Fsp3) is 0.214. The smallest absolute Gasteiger partial charge is 0.142 e. The molecule has 2 aromatic rings. The average molecular weight is 242 g/mol. The van der Waals surface area contributed by atoms with Crippen LogP contribution < -0.4 is 16.2 Å². The lowest BCUT2D eigenvalue weighted by Gasteiger charge is -2.22. The van der Waals surface area contributed by atoms with E-state index in [0.717, 1.165) is 18.9 Å². The van der Waals surface area contributed by atoms with Gasteiger partial charge < -0.3 is 10.3 Å². The van der Waals surface area contributed by atoms with Crippen molar-refractivity contribution < 1.29 is 0 Å². The topological polar surface area (TPSA) is 54.2 Å². The number of aromatic nitrogens is 1. The number of hydrazine groups is 1. The molecule has 0 spiro atoms. The van der Waals surface area contributed by atoms with Crippen LogP contribution in [0.15, 0.2) is 48.5 Å². The third-order valence-corrected chi connectivity index (χ3v) is 2.80. The third-order valence-electron chi connectivity index (χ3n) is 2.80. The van der Waals surface area contributed by atoms with Crippen molar-refractivity contribution in [1.29, 1.82) is 0 Å². The number of nitrogens with one attached hydrogen (secondary N) is 1. The predicted molar refractivity (Wildman–Crippen MR) is 75.2 cm³/mol. The Bertz CT molecular complexity index is 484. The molecule has 0 atom stereocenters. The second-order valence-electron chi connectivity index (χ2n) is 4.03. The van der Waals surface area contributed by atoms with Crippen molar-refractivity contribution in [3.05, 3.63) is 54.1 Å². The highest BCUT2D eigenvalue weighted by atomic mass is 15.3. The van der Waals surface area contributed by atoms with E-state index in [1.165, 1.54) is 5.56 Å². The van der Waals surface area contributed by atoms with Gasteiger partial charge in [-0.3, -0.25) is 0 Å². The minimum Gasteiger partial charge on any atom is -0.352 e. The summed E-state index contributed by atoms with van der Waals surface area (Å²) in [6.45, 7) is 3.86. The number of hydrogen-bond acceptors (Lipinski definition) is 4. The first-order valence-electron chi connectivity index (χ1n) is 6.06. The zero-order chi connectivity index (χ0) is 12.8. The Kier molecular flexibility index (Phi) is 4.15. The van der Waals surface area contributed by atoms with Crippen molar-refractivity contribution in [2.75, 3.05) is 16.9 Å². The van der Waals surface area contributed by atoms with Crippen LogP contribution in [-0.4, -0.2) is 11.5 Å². The Balaban J connectivity index is 2.17. The van der Waals surface area contributed by atoms with Gasteiger partial charge in [-0.05, 0) is 24.6 Å². The maximum absolute atomic E-state index is 5.38. The molecule has 94 valence electrons. The van der Waals surface area contributed by atoms with Crippen molar-refractivity contribution in [3.63, 3.8) is 0 Å². The highest BCUT2D eigenvalue weighted by Gasteiger charge is 2.06. The highest BCUT2D eigenvalue weighted by molar-refractivity contribution is 5.46. The standard InChI is InChI=1S/C14H18N4/c1-2-18(11-12-7-4-3-5-8-12)14-10-6-9-13(16-14)17-15/h3-10H,2,11,15H2,1H3,(H,16,17). The van der Waals surface area contributed by atoms with Crippen LogP contribution in [0.25, 0.3) is 0 Å². The molecule has 4 nitrogen and oxygen atoms in total. The van der Waals surface area contributed by atoms with Gasteiger partial charge in [0.25, 0.3) is 0 Å². The van der Waals surface area contributed by atoms with E-state index in [2.05, 4.69) is 46.5 Å². The molecule has 0 bridgehead atoms. The molecule has 0 aliphatic heterocycles. The maximum Gasteiger partial charge on any atom is 0.142 e. The minimum atomic E-state index is 0.680. The first-order chi connectivity index (χ1) is 8.83. The molecule has 18 heavy (non-hydrogen) atoms. The molecule has 2 rings (SSSR count). The number of pyridine rings is 1. The molecule has 0 unspecified atom stereocenters. The second-order valence-corrected chi connectivity index (χ2v) is 4.03. The first-order valence-corrected chi connectivity index (χ1v) is 6.06. The van der Waals surface area contributed by atoms with Crippen LogP contribution in [-0.2, 0) is 6.54 Å². The van der Waals surface area contributed by atoms with E-state index in [-0.39, 0.29) is 0 Å². The van der Waals surface area contributed by atoms with Crippen molar-refractivity contribution in [2.45, 2.75) is 13.5 Å². The fourth-order valence-electron chi connectivity index (χ4n) is 1.84. The number of nitrogens with two attached hydrogens (primary N) is 1. The monoisotopic (exact) mass is 242 g/mol. The number of hydrogen-bond donors (Lipinski definition) is 2. The largest absolute Gasteiger partial charge is 0.352 e. The molecule has 0 aliphatic carbocycles. The van der Waals surface area contributed by atoms with Crippen LogP contribution in [0.1, 0.15) is 12.5 Å². The molecule has 3 N–H and O–H groups in total. The van der Waals surface area contributed by atoms with Gasteiger partial charge >= 0.3 is 0 Å². The van der Waals surface area contributed by atoms with Crippen LogP contribution in [0, 0.1) is 0 Å². The Labute approximate surface area is 107 Å². The molecule has 4 heteroatoms. The molecule has 0 saturated heterocycles. The molecular formula is C14H18N4. The molecule has 1 aromatic heterocycles. The van der Waals surface area contributed by atoms with Gasteiger partial charge in [-0.1, -0.05) is 36.4 Å². The Morgan fingerprint density at radius 2 is 1.89 bits per heavy atom. The van der Waals surface area contributed by atoms with Crippen LogP contribution in [0.5, 0.6) is 0 Å². The summed E-state index contributed by atoms with van der Waals surface area (Å²) in [7, 11) is 0. The van der Waals surface area contributed by atoms with Gasteiger partial charge in [-0.25, -0.2) is 10.8 Å². The molecule has 1 aromatic carbocycles. The minimum absolute atomic E-state index is 0.680. The summed E-state index contributed by atoms with van der Waals surface area (Å²) in [6, 6.07) is 16.2. The van der Waals surface area contributed by atoms with Crippen LogP contribution >= 0.6 is 0 Å². The van der Waals surface area contributed by atoms with Gasteiger partial charge in [0.15, 0.2) is 0 Å². The molecule has 0 amide bonds. The fourth-order valence-corrected chi connectivity index (χ4v) is 1.84. The first kappa shape index (κ1) is 12.4. The van der Waals surface area contributed by atoms with E-state index < -0.39 is 0 Å². The maximum atomic E-state index is 5.38. The van der Waals surface area contributed by atoms with E-state index in [1.54, 1.807) is 0 Å². The Morgan fingerprint density at radius 1 is 1.11 bits per heavy atom. The summed E-state index contributed by atoms with van der Waals surface area (Å²) in [5.41, 5.74) is 3.84. The number of benzene rings is 1. The number of nitrogens with zero attached hydrogens (tertiary/aromatic N) is 2. The molecule has 0 fully saturated rings. The van der Waals surface area contributed by atoms with E-state index in [4.69, 9.17) is 5.84 Å². The van der Waals surface area contributed by atoms with Crippen LogP contribution in [0.4, 0.5) is 11.6 Å². The van der Waals surface area contributed by atoms with Gasteiger partial charge in [0.05, 0.1) is 0 Å². The summed E-state index contributed by atoms with van der Waals surface area (Å²) in [5, 5.41) is 0. The number of nitrogen functional groups attached to an aromatic ring is 1. The lowest BCUT2D eigenvalue weighted by molar-refractivity contribution is 0.814. The van der Waals surface area contributed by atoms with E-state index in [1.807, 2.05) is 24.3 Å². The van der Waals surface area contributed by atoms with Crippen molar-refractivity contribution >= 4 is 11.6 Å². The Hall–Kier alpha value is -2.07. The van der Waals surface area contributed by atoms with Crippen molar-refractivity contribution in [1.82, 2.24) is 4.98 Å². The van der Waals surface area contributed by atoms with Crippen molar-refractivity contribution in [3.8, 4) is 0 Å². The number of anilines is 2. The normalized spacial score (nSPS) is 10.1. The van der Waals surface area contributed by atoms with Gasteiger partial charge in [-0.2, -0.15) is 0 Å². The predicted octanol–water partition coefficient (Wildman–Crippen LogP) is 2.39. The van der Waals surface area contributed by atoms with Crippen LogP contribution in [0.3, 0.4) is 0 Å². The SMILES string of the molecule is CCN(Cc1ccccc1)c1cccc(NN)n1. The quantitative estimate of drug-likeness (QED) is 0.624. The lowest BCUT2D eigenvalue weighted by Crippen LogP contribution is -2.23. The summed E-state index contributed by atoms with van der Waals surface area (Å²) >= 11 is 0. The second kappa shape index (κ2) is 6.02. The van der Waals surface area contributed by atoms with E-state index >= 15 is 0 Å². The molecule has 0 aliphatic rings. The number of rotatable bonds is 5. The van der Waals surface area contributed by atoms with Crippen LogP contribution in [0.2, 0.25) is 0 Å². The molecule has 0 radical (unpaired) electrons. The summed E-state index contributed by atoms with van der Waals surface area (Å²) in [6.07, 6.45) is 0. The Morgan fingerprint density at radius 3 is 2.56 bits per heavy atom. The zero-order valence-corrected chi connectivity index (χ0v) is 10.5. The summed E-state index contributed by atoms with van der Waals surface area (Å²) in [5.74, 6) is 6.99. The third kappa shape index (κ3) is 2.99. The summed E-state index contributed by atoms with van der Waals surface area (Å²) < 4.78 is 0.